The van der Waals surface area contributed by atoms with Gasteiger partial charge in [0.25, 0.3) is 0 Å². The van der Waals surface area contributed by atoms with E-state index in [9.17, 15) is 5.11 Å². The van der Waals surface area contributed by atoms with Crippen LogP contribution in [0.5, 0.6) is 0 Å². The van der Waals surface area contributed by atoms with Crippen LogP contribution >= 0.6 is 0 Å². The lowest BCUT2D eigenvalue weighted by Crippen LogP contribution is -2.35. The molecule has 0 saturated heterocycles. The molecule has 2 unspecified atom stereocenters. The molecule has 1 aromatic rings. The summed E-state index contributed by atoms with van der Waals surface area (Å²) in [6.45, 7) is 2.17. The van der Waals surface area contributed by atoms with Gasteiger partial charge in [0.2, 0.25) is 0 Å². The Balaban J connectivity index is 2.09. The maximum atomic E-state index is 10.6. The molecule has 3 nitrogen and oxygen atoms in total. The zero-order valence-electron chi connectivity index (χ0n) is 9.61. The molecule has 2 atom stereocenters. The number of rotatable bonds is 3. The van der Waals surface area contributed by atoms with Gasteiger partial charge in [0.15, 0.2) is 0 Å². The summed E-state index contributed by atoms with van der Waals surface area (Å²) in [6, 6.07) is 2.00. The van der Waals surface area contributed by atoms with Crippen LogP contribution in [0.4, 0.5) is 0 Å². The number of hydrogen-bond donors (Lipinski definition) is 1. The highest BCUT2D eigenvalue weighted by molar-refractivity contribution is 5.07. The van der Waals surface area contributed by atoms with Gasteiger partial charge in [-0.1, -0.05) is 19.8 Å². The molecule has 0 spiro atoms. The highest BCUT2D eigenvalue weighted by atomic mass is 16.3. The third-order valence-electron chi connectivity index (χ3n) is 3.67. The Bertz CT molecular complexity index is 334. The fraction of sp³-hybridized carbons (Fsp3) is 0.750. The maximum Gasteiger partial charge on any atom is 0.0731 e. The van der Waals surface area contributed by atoms with E-state index < -0.39 is 5.60 Å². The van der Waals surface area contributed by atoms with Crippen molar-refractivity contribution in [3.63, 3.8) is 0 Å². The molecule has 0 radical (unpaired) electrons. The summed E-state index contributed by atoms with van der Waals surface area (Å²) in [5, 5.41) is 14.9. The Hall–Kier alpha value is -0.830. The second-order valence-corrected chi connectivity index (χ2v) is 4.76. The van der Waals surface area contributed by atoms with Crippen molar-refractivity contribution in [1.82, 2.24) is 9.78 Å². The number of nitrogens with zero attached hydrogens (tertiary/aromatic N) is 2. The molecular weight excluding hydrogens is 188 g/mol. The third-order valence-corrected chi connectivity index (χ3v) is 3.67. The predicted molar refractivity (Wildman–Crippen MR) is 59.5 cm³/mol. The summed E-state index contributed by atoms with van der Waals surface area (Å²) in [5.41, 5.74) is 0.517. The van der Waals surface area contributed by atoms with Gasteiger partial charge in [-0.25, -0.2) is 0 Å². The Morgan fingerprint density at radius 3 is 3.07 bits per heavy atom. The lowest BCUT2D eigenvalue weighted by atomic mass is 9.85. The molecular formula is C12H20N2O. The fourth-order valence-corrected chi connectivity index (χ4v) is 2.82. The zero-order chi connectivity index (χ0) is 10.9. The first-order valence-electron chi connectivity index (χ1n) is 5.85. The second-order valence-electron chi connectivity index (χ2n) is 4.76. The van der Waals surface area contributed by atoms with Gasteiger partial charge < -0.3 is 5.11 Å². The zero-order valence-corrected chi connectivity index (χ0v) is 9.61. The molecule has 2 rings (SSSR count). The van der Waals surface area contributed by atoms with Crippen LogP contribution in [0.15, 0.2) is 12.3 Å². The standard InChI is InChI=1S/C12H20N2O/c1-3-10-5-4-7-12(10,15)9-11-6-8-14(2)13-11/h6,8,10,15H,3-5,7,9H2,1-2H3. The molecule has 84 valence electrons. The lowest BCUT2D eigenvalue weighted by molar-refractivity contribution is 0.000545. The average molecular weight is 208 g/mol. The normalized spacial score (nSPS) is 31.0. The van der Waals surface area contributed by atoms with Crippen molar-refractivity contribution in [3.8, 4) is 0 Å². The van der Waals surface area contributed by atoms with E-state index in [0.717, 1.165) is 25.0 Å². The lowest BCUT2D eigenvalue weighted by Gasteiger charge is -2.28. The Kier molecular flexibility index (Phi) is 2.83. The van der Waals surface area contributed by atoms with Gasteiger partial charge in [-0.2, -0.15) is 5.10 Å². The molecule has 0 bridgehead atoms. The van der Waals surface area contributed by atoms with Crippen molar-refractivity contribution in [2.45, 2.75) is 44.6 Å². The SMILES string of the molecule is CCC1CCCC1(O)Cc1ccn(C)n1. The van der Waals surface area contributed by atoms with Gasteiger partial charge in [-0.15, -0.1) is 0 Å². The molecule has 1 heterocycles. The molecule has 1 fully saturated rings. The first-order valence-corrected chi connectivity index (χ1v) is 5.85. The van der Waals surface area contributed by atoms with E-state index in [1.165, 1.54) is 6.42 Å². The Morgan fingerprint density at radius 1 is 1.67 bits per heavy atom. The van der Waals surface area contributed by atoms with Crippen LogP contribution in [0.1, 0.15) is 38.3 Å². The van der Waals surface area contributed by atoms with Crippen LogP contribution in [-0.4, -0.2) is 20.5 Å². The molecule has 1 aliphatic rings. The number of aromatic nitrogens is 2. The largest absolute Gasteiger partial charge is 0.389 e. The molecule has 0 aromatic carbocycles. The Labute approximate surface area is 91.1 Å². The van der Waals surface area contributed by atoms with E-state index in [1.807, 2.05) is 19.3 Å². The molecule has 1 saturated carbocycles. The average Bonchev–Trinajstić information content (AvgIpc) is 2.73. The van der Waals surface area contributed by atoms with E-state index in [4.69, 9.17) is 0 Å². The smallest absolute Gasteiger partial charge is 0.0731 e. The highest BCUT2D eigenvalue weighted by Crippen LogP contribution is 2.39. The van der Waals surface area contributed by atoms with E-state index in [-0.39, 0.29) is 0 Å². The van der Waals surface area contributed by atoms with Gasteiger partial charge >= 0.3 is 0 Å². The van der Waals surface area contributed by atoms with Gasteiger partial charge in [0.1, 0.15) is 0 Å². The van der Waals surface area contributed by atoms with Crippen LogP contribution < -0.4 is 0 Å². The minimum atomic E-state index is -0.497. The Morgan fingerprint density at radius 2 is 2.47 bits per heavy atom. The summed E-state index contributed by atoms with van der Waals surface area (Å²) >= 11 is 0. The van der Waals surface area contributed by atoms with Gasteiger partial charge in [-0.3, -0.25) is 4.68 Å². The predicted octanol–water partition coefficient (Wildman–Crippen LogP) is 1.90. The van der Waals surface area contributed by atoms with E-state index in [1.54, 1.807) is 4.68 Å². The molecule has 0 aliphatic heterocycles. The van der Waals surface area contributed by atoms with Gasteiger partial charge in [0.05, 0.1) is 11.3 Å². The summed E-state index contributed by atoms with van der Waals surface area (Å²) in [4.78, 5) is 0. The summed E-state index contributed by atoms with van der Waals surface area (Å²) in [5.74, 6) is 0.458. The van der Waals surface area contributed by atoms with Crippen molar-refractivity contribution >= 4 is 0 Å². The first kappa shape index (κ1) is 10.7. The maximum absolute atomic E-state index is 10.6. The quantitative estimate of drug-likeness (QED) is 0.824. The van der Waals surface area contributed by atoms with Crippen molar-refractivity contribution in [1.29, 1.82) is 0 Å². The highest BCUT2D eigenvalue weighted by Gasteiger charge is 2.40. The third kappa shape index (κ3) is 2.07. The molecule has 1 aromatic heterocycles. The van der Waals surface area contributed by atoms with Crippen LogP contribution in [0.25, 0.3) is 0 Å². The molecule has 1 aliphatic carbocycles. The van der Waals surface area contributed by atoms with Crippen molar-refractivity contribution in [2.75, 3.05) is 0 Å². The molecule has 0 amide bonds. The second kappa shape index (κ2) is 3.97. The van der Waals surface area contributed by atoms with Crippen molar-refractivity contribution in [3.05, 3.63) is 18.0 Å². The van der Waals surface area contributed by atoms with Gasteiger partial charge in [0, 0.05) is 19.7 Å². The number of aryl methyl sites for hydroxylation is 1. The van der Waals surface area contributed by atoms with Crippen LogP contribution in [0, 0.1) is 5.92 Å². The van der Waals surface area contributed by atoms with Crippen molar-refractivity contribution in [2.24, 2.45) is 13.0 Å². The number of hydrogen-bond acceptors (Lipinski definition) is 2. The topological polar surface area (TPSA) is 38.0 Å². The minimum absolute atomic E-state index is 0.458. The van der Waals surface area contributed by atoms with E-state index in [0.29, 0.717) is 12.3 Å². The summed E-state index contributed by atoms with van der Waals surface area (Å²) in [6.07, 6.45) is 6.98. The van der Waals surface area contributed by atoms with E-state index in [2.05, 4.69) is 12.0 Å². The van der Waals surface area contributed by atoms with E-state index >= 15 is 0 Å². The van der Waals surface area contributed by atoms with Crippen LogP contribution in [0.2, 0.25) is 0 Å². The van der Waals surface area contributed by atoms with Crippen molar-refractivity contribution < 1.29 is 5.11 Å². The summed E-state index contributed by atoms with van der Waals surface area (Å²) < 4.78 is 1.80. The van der Waals surface area contributed by atoms with Crippen LogP contribution in [-0.2, 0) is 13.5 Å². The molecule has 3 heteroatoms. The fourth-order valence-electron chi connectivity index (χ4n) is 2.82. The number of aliphatic hydroxyl groups is 1. The minimum Gasteiger partial charge on any atom is -0.389 e. The molecule has 1 N–H and O–H groups in total. The first-order chi connectivity index (χ1) is 7.14. The molecule has 15 heavy (non-hydrogen) atoms. The monoisotopic (exact) mass is 208 g/mol. The van der Waals surface area contributed by atoms with Crippen LogP contribution in [0.3, 0.4) is 0 Å². The van der Waals surface area contributed by atoms with Gasteiger partial charge in [-0.05, 0) is 24.8 Å². The summed E-state index contributed by atoms with van der Waals surface area (Å²) in [7, 11) is 1.92.